The van der Waals surface area contributed by atoms with Crippen molar-refractivity contribution >= 4 is 0 Å². The number of rotatable bonds is 5. The highest BCUT2D eigenvalue weighted by molar-refractivity contribution is 5.09. The molecule has 0 spiro atoms. The first-order valence-corrected chi connectivity index (χ1v) is 12.9. The van der Waals surface area contributed by atoms with Crippen molar-refractivity contribution in [1.82, 2.24) is 0 Å². The normalized spacial score (nSPS) is 48.5. The van der Waals surface area contributed by atoms with E-state index in [4.69, 9.17) is 0 Å². The van der Waals surface area contributed by atoms with Gasteiger partial charge in [0.05, 0.1) is 11.7 Å². The predicted molar refractivity (Wildman–Crippen MR) is 121 cm³/mol. The van der Waals surface area contributed by atoms with Crippen LogP contribution in [0.3, 0.4) is 0 Å². The van der Waals surface area contributed by atoms with Gasteiger partial charge in [-0.15, -0.1) is 0 Å². The molecular formula is C27H48O2. The summed E-state index contributed by atoms with van der Waals surface area (Å²) in [6, 6.07) is 0. The fourth-order valence-electron chi connectivity index (χ4n) is 9.27. The van der Waals surface area contributed by atoms with Crippen molar-refractivity contribution in [1.29, 1.82) is 0 Å². The van der Waals surface area contributed by atoms with Crippen molar-refractivity contribution in [2.24, 2.45) is 46.3 Å². The summed E-state index contributed by atoms with van der Waals surface area (Å²) in [7, 11) is 0. The minimum absolute atomic E-state index is 0.0286. The maximum Gasteiger partial charge on any atom is 0.0591 e. The topological polar surface area (TPSA) is 40.5 Å². The summed E-state index contributed by atoms with van der Waals surface area (Å²) >= 11 is 0. The van der Waals surface area contributed by atoms with E-state index in [1.807, 2.05) is 13.8 Å². The third-order valence-electron chi connectivity index (χ3n) is 10.8. The predicted octanol–water partition coefficient (Wildman–Crippen LogP) is 6.58. The molecule has 2 nitrogen and oxygen atoms in total. The van der Waals surface area contributed by atoms with Crippen molar-refractivity contribution in [3.63, 3.8) is 0 Å². The maximum atomic E-state index is 10.3. The molecule has 0 amide bonds. The average molecular weight is 405 g/mol. The molecule has 4 rings (SSSR count). The molecule has 9 atom stereocenters. The van der Waals surface area contributed by atoms with Gasteiger partial charge in [-0.3, -0.25) is 0 Å². The Morgan fingerprint density at radius 1 is 0.931 bits per heavy atom. The maximum absolute atomic E-state index is 10.3. The lowest BCUT2D eigenvalue weighted by atomic mass is 9.44. The summed E-state index contributed by atoms with van der Waals surface area (Å²) in [6.07, 6.45) is 15.3. The fraction of sp³-hybridized carbons (Fsp3) is 1.00. The number of fused-ring (bicyclic) bond motifs is 5. The Morgan fingerprint density at radius 3 is 2.34 bits per heavy atom. The number of hydrogen-bond acceptors (Lipinski definition) is 2. The Morgan fingerprint density at radius 2 is 1.62 bits per heavy atom. The molecule has 4 aliphatic carbocycles. The van der Waals surface area contributed by atoms with E-state index in [-0.39, 0.29) is 6.10 Å². The molecule has 4 saturated carbocycles. The van der Waals surface area contributed by atoms with Gasteiger partial charge in [0.15, 0.2) is 0 Å². The smallest absolute Gasteiger partial charge is 0.0591 e. The molecule has 0 aromatic carbocycles. The van der Waals surface area contributed by atoms with Crippen molar-refractivity contribution in [3.05, 3.63) is 0 Å². The van der Waals surface area contributed by atoms with Crippen molar-refractivity contribution in [2.45, 2.75) is 123 Å². The molecule has 0 aromatic rings. The van der Waals surface area contributed by atoms with Crippen LogP contribution in [-0.2, 0) is 0 Å². The largest absolute Gasteiger partial charge is 0.393 e. The Labute approximate surface area is 180 Å². The first-order chi connectivity index (χ1) is 13.5. The molecule has 0 bridgehead atoms. The zero-order valence-electron chi connectivity index (χ0n) is 19.9. The second-order valence-corrected chi connectivity index (χ2v) is 13.0. The van der Waals surface area contributed by atoms with Gasteiger partial charge < -0.3 is 10.2 Å². The van der Waals surface area contributed by atoms with E-state index in [1.54, 1.807) is 0 Å². The number of aliphatic hydroxyl groups excluding tert-OH is 1. The molecule has 4 aliphatic rings. The lowest BCUT2D eigenvalue weighted by Gasteiger charge is -2.61. The highest BCUT2D eigenvalue weighted by atomic mass is 16.3. The van der Waals surface area contributed by atoms with Gasteiger partial charge in [-0.05, 0) is 124 Å². The number of hydrogen-bond donors (Lipinski definition) is 2. The van der Waals surface area contributed by atoms with Crippen LogP contribution >= 0.6 is 0 Å². The molecule has 0 aliphatic heterocycles. The van der Waals surface area contributed by atoms with E-state index in [0.29, 0.717) is 10.8 Å². The van der Waals surface area contributed by atoms with E-state index in [1.165, 1.54) is 51.4 Å². The summed E-state index contributed by atoms with van der Waals surface area (Å²) < 4.78 is 0. The Bertz CT molecular complexity index is 580. The monoisotopic (exact) mass is 404 g/mol. The van der Waals surface area contributed by atoms with E-state index in [0.717, 1.165) is 61.2 Å². The summed E-state index contributed by atoms with van der Waals surface area (Å²) in [4.78, 5) is 0. The van der Waals surface area contributed by atoms with Crippen LogP contribution in [0.2, 0.25) is 0 Å². The molecule has 2 N–H and O–H groups in total. The minimum atomic E-state index is -0.512. The molecule has 0 saturated heterocycles. The highest BCUT2D eigenvalue weighted by Crippen LogP contribution is 2.68. The Hall–Kier alpha value is -0.0800. The zero-order valence-corrected chi connectivity index (χ0v) is 19.9. The zero-order chi connectivity index (χ0) is 21.0. The second kappa shape index (κ2) is 7.80. The van der Waals surface area contributed by atoms with Crippen molar-refractivity contribution < 1.29 is 10.2 Å². The third-order valence-corrected chi connectivity index (χ3v) is 10.8. The van der Waals surface area contributed by atoms with Gasteiger partial charge in [0, 0.05) is 0 Å². The first kappa shape index (κ1) is 22.1. The molecule has 2 heteroatoms. The molecule has 4 fully saturated rings. The van der Waals surface area contributed by atoms with Crippen LogP contribution in [0.15, 0.2) is 0 Å². The van der Waals surface area contributed by atoms with Crippen LogP contribution in [0.25, 0.3) is 0 Å². The summed E-state index contributed by atoms with van der Waals surface area (Å²) in [5.74, 6) is 5.24. The molecule has 29 heavy (non-hydrogen) atoms. The standard InChI is InChI=1S/C27H48O2/c1-18(7-6-14-25(2,3)29)22-10-11-23-21-9-8-19-17-20(28)12-15-26(19,4)24(21)13-16-27(22,23)5/h18-24,28-29H,6-17H2,1-5H3/t18-,19?,20?,21?,22?,23?,24?,26?,27?/m1/s1. The van der Waals surface area contributed by atoms with Crippen molar-refractivity contribution in [3.8, 4) is 0 Å². The molecule has 0 aromatic heterocycles. The Balaban J connectivity index is 1.44. The molecule has 8 unspecified atom stereocenters. The van der Waals surface area contributed by atoms with Gasteiger partial charge in [-0.1, -0.05) is 33.6 Å². The third kappa shape index (κ3) is 3.95. The van der Waals surface area contributed by atoms with Gasteiger partial charge in [0.2, 0.25) is 0 Å². The van der Waals surface area contributed by atoms with Gasteiger partial charge in [0.25, 0.3) is 0 Å². The first-order valence-electron chi connectivity index (χ1n) is 12.9. The van der Waals surface area contributed by atoms with E-state index in [9.17, 15) is 10.2 Å². The average Bonchev–Trinajstić information content (AvgIpc) is 2.98. The van der Waals surface area contributed by atoms with Gasteiger partial charge in [-0.2, -0.15) is 0 Å². The van der Waals surface area contributed by atoms with Crippen molar-refractivity contribution in [2.75, 3.05) is 0 Å². The minimum Gasteiger partial charge on any atom is -0.393 e. The molecule has 0 radical (unpaired) electrons. The van der Waals surface area contributed by atoms with E-state index in [2.05, 4.69) is 20.8 Å². The fourth-order valence-corrected chi connectivity index (χ4v) is 9.27. The SMILES string of the molecule is C[C@H](CCCC(C)(C)O)C1CCC2C3CCC4CC(O)CCC4(C)C3CCC21C. The second-order valence-electron chi connectivity index (χ2n) is 13.0. The quantitative estimate of drug-likeness (QED) is 0.543. The van der Waals surface area contributed by atoms with Crippen LogP contribution in [-0.4, -0.2) is 21.9 Å². The van der Waals surface area contributed by atoms with Crippen LogP contribution < -0.4 is 0 Å². The lowest BCUT2D eigenvalue weighted by molar-refractivity contribution is -0.129. The van der Waals surface area contributed by atoms with Gasteiger partial charge in [-0.25, -0.2) is 0 Å². The van der Waals surface area contributed by atoms with Crippen LogP contribution in [0.5, 0.6) is 0 Å². The molecular weight excluding hydrogens is 356 g/mol. The van der Waals surface area contributed by atoms with Gasteiger partial charge >= 0.3 is 0 Å². The molecule has 168 valence electrons. The summed E-state index contributed by atoms with van der Waals surface area (Å²) in [6.45, 7) is 11.7. The van der Waals surface area contributed by atoms with E-state index >= 15 is 0 Å². The summed E-state index contributed by atoms with van der Waals surface area (Å²) in [5, 5.41) is 20.3. The number of aliphatic hydroxyl groups is 2. The Kier molecular flexibility index (Phi) is 5.95. The van der Waals surface area contributed by atoms with Crippen LogP contribution in [0.1, 0.15) is 112 Å². The van der Waals surface area contributed by atoms with E-state index < -0.39 is 5.60 Å². The van der Waals surface area contributed by atoms with Gasteiger partial charge in [0.1, 0.15) is 0 Å². The summed E-state index contributed by atoms with van der Waals surface area (Å²) in [5.41, 5.74) is 0.536. The lowest BCUT2D eigenvalue weighted by Crippen LogP contribution is -2.54. The van der Waals surface area contributed by atoms with Crippen LogP contribution in [0, 0.1) is 46.3 Å². The van der Waals surface area contributed by atoms with Crippen LogP contribution in [0.4, 0.5) is 0 Å². The highest BCUT2D eigenvalue weighted by Gasteiger charge is 2.60. The molecule has 0 heterocycles.